The molecule has 3 nitrogen and oxygen atoms in total. The molecule has 0 aromatic rings. The molecule has 0 unspecified atom stereocenters. The van der Waals surface area contributed by atoms with Crippen molar-refractivity contribution in [2.45, 2.75) is 39.4 Å². The second-order valence-corrected chi connectivity index (χ2v) is 4.32. The van der Waals surface area contributed by atoms with Gasteiger partial charge in [0.1, 0.15) is 0 Å². The fraction of sp³-hybridized carbons (Fsp3) is 0.714. The Morgan fingerprint density at radius 3 is 2.65 bits per heavy atom. The third-order valence-corrected chi connectivity index (χ3v) is 2.71. The van der Waals surface area contributed by atoms with Crippen molar-refractivity contribution in [3.8, 4) is 0 Å². The van der Waals surface area contributed by atoms with Crippen molar-refractivity contribution >= 4 is 0 Å². The predicted molar refractivity (Wildman–Crippen MR) is 68.9 cm³/mol. The molecule has 0 amide bonds. The summed E-state index contributed by atoms with van der Waals surface area (Å²) in [7, 11) is 0. The third kappa shape index (κ3) is 5.48. The Labute approximate surface area is 104 Å². The first kappa shape index (κ1) is 14.4. The lowest BCUT2D eigenvalue weighted by atomic mass is 10.2. The van der Waals surface area contributed by atoms with E-state index in [2.05, 4.69) is 19.1 Å². The van der Waals surface area contributed by atoms with Crippen molar-refractivity contribution in [3.05, 3.63) is 23.8 Å². The van der Waals surface area contributed by atoms with E-state index in [1.807, 2.05) is 19.9 Å². The van der Waals surface area contributed by atoms with Crippen LogP contribution in [0, 0.1) is 0 Å². The van der Waals surface area contributed by atoms with Crippen molar-refractivity contribution in [1.29, 1.82) is 0 Å². The fourth-order valence-electron chi connectivity index (χ4n) is 1.80. The van der Waals surface area contributed by atoms with Crippen molar-refractivity contribution < 1.29 is 14.2 Å². The molecule has 0 aliphatic carbocycles. The van der Waals surface area contributed by atoms with Gasteiger partial charge in [-0.15, -0.1) is 0 Å². The minimum Gasteiger partial charge on any atom is -0.377 e. The van der Waals surface area contributed by atoms with E-state index in [1.165, 1.54) is 5.57 Å². The highest BCUT2D eigenvalue weighted by molar-refractivity contribution is 5.18. The van der Waals surface area contributed by atoms with Crippen LogP contribution >= 0.6 is 0 Å². The van der Waals surface area contributed by atoms with E-state index < -0.39 is 5.79 Å². The Balaban J connectivity index is 2.20. The molecule has 3 heteroatoms. The fourth-order valence-corrected chi connectivity index (χ4v) is 1.80. The van der Waals surface area contributed by atoms with Crippen LogP contribution < -0.4 is 0 Å². The summed E-state index contributed by atoms with van der Waals surface area (Å²) in [6.45, 7) is 8.82. The standard InChI is InChI=1S/C14H24O3/c1-4-6-13(7-5-2)12-15-9-8-14(3)16-10-11-17-14/h4,6-7H,5,8-12H2,1-3H3/b6-4-,13-7+. The van der Waals surface area contributed by atoms with Gasteiger partial charge in [0.25, 0.3) is 0 Å². The van der Waals surface area contributed by atoms with Gasteiger partial charge in [-0.25, -0.2) is 0 Å². The molecule has 1 rings (SSSR count). The van der Waals surface area contributed by atoms with Gasteiger partial charge in [-0.3, -0.25) is 0 Å². The zero-order chi connectivity index (χ0) is 12.6. The van der Waals surface area contributed by atoms with Crippen LogP contribution in [0.4, 0.5) is 0 Å². The monoisotopic (exact) mass is 240 g/mol. The molecule has 17 heavy (non-hydrogen) atoms. The molecule has 0 bridgehead atoms. The number of hydrogen-bond donors (Lipinski definition) is 0. The average Bonchev–Trinajstić information content (AvgIpc) is 2.72. The molecule has 1 heterocycles. The minimum atomic E-state index is -0.435. The molecule has 0 radical (unpaired) electrons. The molecule has 0 aromatic heterocycles. The van der Waals surface area contributed by atoms with Gasteiger partial charge < -0.3 is 14.2 Å². The van der Waals surface area contributed by atoms with Crippen LogP contribution in [0.5, 0.6) is 0 Å². The van der Waals surface area contributed by atoms with Crippen molar-refractivity contribution in [2.24, 2.45) is 0 Å². The van der Waals surface area contributed by atoms with Gasteiger partial charge in [0, 0.05) is 6.42 Å². The Kier molecular flexibility index (Phi) is 6.48. The lowest BCUT2D eigenvalue weighted by Gasteiger charge is -2.21. The van der Waals surface area contributed by atoms with Gasteiger partial charge in [0.2, 0.25) is 0 Å². The van der Waals surface area contributed by atoms with Crippen LogP contribution in [0.1, 0.15) is 33.6 Å². The SMILES string of the molecule is C/C=C\C(=C/CC)COCCC1(C)OCCO1. The summed E-state index contributed by atoms with van der Waals surface area (Å²) in [5.41, 5.74) is 1.23. The molecule has 0 spiro atoms. The van der Waals surface area contributed by atoms with Gasteiger partial charge in [0.15, 0.2) is 5.79 Å². The highest BCUT2D eigenvalue weighted by Crippen LogP contribution is 2.22. The molecule has 0 aromatic carbocycles. The first-order valence-corrected chi connectivity index (χ1v) is 6.37. The maximum atomic E-state index is 5.65. The van der Waals surface area contributed by atoms with Gasteiger partial charge >= 0.3 is 0 Å². The van der Waals surface area contributed by atoms with Crippen LogP contribution in [-0.2, 0) is 14.2 Å². The molecule has 0 saturated carbocycles. The molecule has 0 N–H and O–H groups in total. The normalized spacial score (nSPS) is 20.3. The maximum Gasteiger partial charge on any atom is 0.167 e. The van der Waals surface area contributed by atoms with E-state index >= 15 is 0 Å². The van der Waals surface area contributed by atoms with E-state index in [4.69, 9.17) is 14.2 Å². The zero-order valence-corrected chi connectivity index (χ0v) is 11.2. The van der Waals surface area contributed by atoms with Crippen molar-refractivity contribution in [3.63, 3.8) is 0 Å². The molecule has 1 fully saturated rings. The van der Waals surface area contributed by atoms with Crippen LogP contribution in [0.25, 0.3) is 0 Å². The van der Waals surface area contributed by atoms with Crippen LogP contribution in [0.15, 0.2) is 23.8 Å². The summed E-state index contributed by atoms with van der Waals surface area (Å²) in [4.78, 5) is 0. The number of rotatable bonds is 7. The van der Waals surface area contributed by atoms with E-state index in [0.29, 0.717) is 26.4 Å². The number of hydrogen-bond acceptors (Lipinski definition) is 3. The van der Waals surface area contributed by atoms with E-state index in [-0.39, 0.29) is 0 Å². The lowest BCUT2D eigenvalue weighted by molar-refractivity contribution is -0.154. The first-order chi connectivity index (χ1) is 8.20. The Morgan fingerprint density at radius 2 is 2.06 bits per heavy atom. The Bertz CT molecular complexity index is 263. The number of ether oxygens (including phenoxy) is 3. The summed E-state index contributed by atoms with van der Waals surface area (Å²) >= 11 is 0. The topological polar surface area (TPSA) is 27.7 Å². The second kappa shape index (κ2) is 7.64. The Morgan fingerprint density at radius 1 is 1.35 bits per heavy atom. The molecule has 0 atom stereocenters. The predicted octanol–water partition coefficient (Wildman–Crippen LogP) is 3.07. The summed E-state index contributed by atoms with van der Waals surface area (Å²) in [6.07, 6.45) is 8.13. The van der Waals surface area contributed by atoms with Gasteiger partial charge in [-0.2, -0.15) is 0 Å². The molecule has 1 aliphatic rings. The zero-order valence-electron chi connectivity index (χ0n) is 11.2. The summed E-state index contributed by atoms with van der Waals surface area (Å²) in [6, 6.07) is 0. The molecule has 98 valence electrons. The molecule has 1 saturated heterocycles. The van der Waals surface area contributed by atoms with E-state index in [1.54, 1.807) is 0 Å². The summed E-state index contributed by atoms with van der Waals surface area (Å²) in [5, 5.41) is 0. The summed E-state index contributed by atoms with van der Waals surface area (Å²) < 4.78 is 16.7. The van der Waals surface area contributed by atoms with Crippen LogP contribution in [0.3, 0.4) is 0 Å². The highest BCUT2D eigenvalue weighted by Gasteiger charge is 2.30. The minimum absolute atomic E-state index is 0.435. The summed E-state index contributed by atoms with van der Waals surface area (Å²) in [5.74, 6) is -0.435. The molecule has 1 aliphatic heterocycles. The average molecular weight is 240 g/mol. The van der Waals surface area contributed by atoms with Gasteiger partial charge in [-0.05, 0) is 25.8 Å². The second-order valence-electron chi connectivity index (χ2n) is 4.32. The van der Waals surface area contributed by atoms with Crippen LogP contribution in [0.2, 0.25) is 0 Å². The van der Waals surface area contributed by atoms with E-state index in [9.17, 15) is 0 Å². The maximum absolute atomic E-state index is 5.65. The Hall–Kier alpha value is -0.640. The van der Waals surface area contributed by atoms with Crippen molar-refractivity contribution in [2.75, 3.05) is 26.4 Å². The van der Waals surface area contributed by atoms with Gasteiger partial charge in [0.05, 0.1) is 26.4 Å². The molecular formula is C14H24O3. The highest BCUT2D eigenvalue weighted by atomic mass is 16.7. The first-order valence-electron chi connectivity index (χ1n) is 6.37. The largest absolute Gasteiger partial charge is 0.377 e. The number of allylic oxidation sites excluding steroid dienone is 2. The van der Waals surface area contributed by atoms with Crippen LogP contribution in [-0.4, -0.2) is 32.2 Å². The smallest absolute Gasteiger partial charge is 0.167 e. The third-order valence-electron chi connectivity index (χ3n) is 2.71. The van der Waals surface area contributed by atoms with Crippen molar-refractivity contribution in [1.82, 2.24) is 0 Å². The molecular weight excluding hydrogens is 216 g/mol. The lowest BCUT2D eigenvalue weighted by Crippen LogP contribution is -2.27. The quantitative estimate of drug-likeness (QED) is 0.505. The van der Waals surface area contributed by atoms with E-state index in [0.717, 1.165) is 12.8 Å². The van der Waals surface area contributed by atoms with Gasteiger partial charge in [-0.1, -0.05) is 25.2 Å².